The Kier molecular flexibility index (Phi) is 8.61. The number of piperidine rings is 1. The highest BCUT2D eigenvalue weighted by atomic mass is 32.2. The van der Waals surface area contributed by atoms with E-state index in [9.17, 15) is 21.6 Å². The monoisotopic (exact) mass is 559 g/mol. The van der Waals surface area contributed by atoms with Crippen molar-refractivity contribution in [3.05, 3.63) is 96.7 Å². The van der Waals surface area contributed by atoms with Gasteiger partial charge in [-0.1, -0.05) is 48.5 Å². The van der Waals surface area contributed by atoms with E-state index in [4.69, 9.17) is 9.90 Å². The summed E-state index contributed by atoms with van der Waals surface area (Å²) >= 11 is 0. The number of aromatic nitrogens is 1. The number of hydrogen-bond donors (Lipinski definition) is 2. The van der Waals surface area contributed by atoms with E-state index < -0.39 is 22.2 Å². The summed E-state index contributed by atoms with van der Waals surface area (Å²) in [6.45, 7) is 2.87. The van der Waals surface area contributed by atoms with Crippen molar-refractivity contribution in [1.29, 1.82) is 0 Å². The van der Waals surface area contributed by atoms with E-state index in [-0.39, 0.29) is 0 Å². The highest BCUT2D eigenvalue weighted by Gasteiger charge is 2.38. The number of carbonyl (C=O) groups is 1. The highest BCUT2D eigenvalue weighted by Crippen LogP contribution is 2.30. The van der Waals surface area contributed by atoms with Crippen molar-refractivity contribution < 1.29 is 31.5 Å². The van der Waals surface area contributed by atoms with Crippen LogP contribution in [0.15, 0.2) is 96.0 Å². The molecule has 0 saturated carbocycles. The molecule has 0 spiro atoms. The third-order valence-corrected chi connectivity index (χ3v) is 8.16. The molecule has 1 aliphatic rings. The second-order valence-corrected chi connectivity index (χ2v) is 10.9. The molecule has 11 heteroatoms. The van der Waals surface area contributed by atoms with Gasteiger partial charge in [-0.2, -0.15) is 13.2 Å². The fourth-order valence-electron chi connectivity index (χ4n) is 4.53. The molecule has 1 fully saturated rings. The predicted octanol–water partition coefficient (Wildman–Crippen LogP) is 5.27. The molecule has 39 heavy (non-hydrogen) atoms. The second kappa shape index (κ2) is 11.9. The number of halogens is 3. The van der Waals surface area contributed by atoms with Gasteiger partial charge in [-0.3, -0.25) is 0 Å². The molecule has 3 aromatic carbocycles. The molecule has 1 aromatic heterocycles. The van der Waals surface area contributed by atoms with Crippen molar-refractivity contribution in [3.63, 3.8) is 0 Å². The molecule has 0 atom stereocenters. The van der Waals surface area contributed by atoms with Crippen LogP contribution in [0.3, 0.4) is 0 Å². The fourth-order valence-corrected chi connectivity index (χ4v) is 5.90. The molecule has 2 N–H and O–H groups in total. The van der Waals surface area contributed by atoms with Gasteiger partial charge < -0.3 is 15.3 Å². The first kappa shape index (κ1) is 28.2. The maximum Gasteiger partial charge on any atom is 0.490 e. The molecule has 0 amide bonds. The SMILES string of the molecule is O=C(O)C(F)(F)F.O=S(=O)(c1ccccc1)n1ccc2cc(N(Cc3ccccc3)C3CCNCC3)ccc21. The molecule has 7 nitrogen and oxygen atoms in total. The fraction of sp³-hybridized carbons (Fsp3) is 0.250. The largest absolute Gasteiger partial charge is 0.490 e. The second-order valence-electron chi connectivity index (χ2n) is 9.07. The third-order valence-electron chi connectivity index (χ3n) is 6.46. The lowest BCUT2D eigenvalue weighted by atomic mass is 10.0. The highest BCUT2D eigenvalue weighted by molar-refractivity contribution is 7.90. The molecule has 2 heterocycles. The van der Waals surface area contributed by atoms with E-state index in [1.165, 1.54) is 9.54 Å². The van der Waals surface area contributed by atoms with Crippen LogP contribution in [0.2, 0.25) is 0 Å². The van der Waals surface area contributed by atoms with E-state index in [1.54, 1.807) is 30.5 Å². The van der Waals surface area contributed by atoms with Crippen LogP contribution in [0.4, 0.5) is 18.9 Å². The molecular weight excluding hydrogens is 531 g/mol. The summed E-state index contributed by atoms with van der Waals surface area (Å²) in [5, 5.41) is 11.5. The number of nitrogens with zero attached hydrogens (tertiary/aromatic N) is 2. The molecule has 0 radical (unpaired) electrons. The zero-order valence-electron chi connectivity index (χ0n) is 20.9. The van der Waals surface area contributed by atoms with Gasteiger partial charge in [0.25, 0.3) is 10.0 Å². The summed E-state index contributed by atoms with van der Waals surface area (Å²) in [7, 11) is -3.63. The summed E-state index contributed by atoms with van der Waals surface area (Å²) < 4.78 is 59.4. The lowest BCUT2D eigenvalue weighted by Crippen LogP contribution is -2.43. The van der Waals surface area contributed by atoms with Crippen LogP contribution >= 0.6 is 0 Å². The third kappa shape index (κ3) is 6.79. The number of alkyl halides is 3. The first-order valence-electron chi connectivity index (χ1n) is 12.3. The maximum atomic E-state index is 13.2. The summed E-state index contributed by atoms with van der Waals surface area (Å²) in [4.78, 5) is 11.7. The van der Waals surface area contributed by atoms with Gasteiger partial charge in [0.2, 0.25) is 0 Å². The Balaban J connectivity index is 0.000000448. The Morgan fingerprint density at radius 1 is 0.949 bits per heavy atom. The van der Waals surface area contributed by atoms with Gasteiger partial charge in [0.05, 0.1) is 10.4 Å². The van der Waals surface area contributed by atoms with Gasteiger partial charge in [-0.15, -0.1) is 0 Å². The number of aliphatic carboxylic acids is 1. The van der Waals surface area contributed by atoms with Crippen molar-refractivity contribution in [3.8, 4) is 0 Å². The van der Waals surface area contributed by atoms with E-state index >= 15 is 0 Å². The number of benzene rings is 3. The van der Waals surface area contributed by atoms with Crippen LogP contribution in [-0.2, 0) is 21.4 Å². The van der Waals surface area contributed by atoms with Crippen molar-refractivity contribution >= 4 is 32.6 Å². The Labute approximate surface area is 224 Å². The smallest absolute Gasteiger partial charge is 0.475 e. The molecule has 1 aliphatic heterocycles. The zero-order valence-corrected chi connectivity index (χ0v) is 21.7. The lowest BCUT2D eigenvalue weighted by Gasteiger charge is -2.36. The van der Waals surface area contributed by atoms with Gasteiger partial charge in [0.1, 0.15) is 0 Å². The van der Waals surface area contributed by atoms with Crippen LogP contribution in [0, 0.1) is 0 Å². The molecule has 5 rings (SSSR count). The molecule has 0 aliphatic carbocycles. The Bertz CT molecular complexity index is 1500. The predicted molar refractivity (Wildman–Crippen MR) is 143 cm³/mol. The number of nitrogens with one attached hydrogen (secondary N) is 1. The van der Waals surface area contributed by atoms with Crippen LogP contribution in [-0.4, -0.2) is 48.8 Å². The van der Waals surface area contributed by atoms with Crippen LogP contribution in [0.25, 0.3) is 10.9 Å². The minimum Gasteiger partial charge on any atom is -0.475 e. The van der Waals surface area contributed by atoms with Crippen molar-refractivity contribution in [2.45, 2.75) is 36.5 Å². The maximum absolute atomic E-state index is 13.2. The summed E-state index contributed by atoms with van der Waals surface area (Å²) in [5.41, 5.74) is 3.10. The minimum absolute atomic E-state index is 0.294. The summed E-state index contributed by atoms with van der Waals surface area (Å²) in [6, 6.07) is 27.6. The average molecular weight is 560 g/mol. The Hall–Kier alpha value is -3.83. The standard InChI is InChI=1S/C26H27N3O2S.C2HF3O2/c30-32(31,25-9-5-2-6-10-25)29-18-15-22-19-24(11-12-26(22)29)28(23-13-16-27-17-14-23)20-21-7-3-1-4-8-21;3-2(4,5)1(6)7/h1-12,15,18-19,23,27H,13-14,16-17,20H2;(H,6,7). The van der Waals surface area contributed by atoms with Gasteiger partial charge in [-0.25, -0.2) is 17.2 Å². The molecule has 206 valence electrons. The number of rotatable bonds is 6. The van der Waals surface area contributed by atoms with Gasteiger partial charge in [-0.05, 0) is 67.9 Å². The number of hydrogen-bond acceptors (Lipinski definition) is 5. The summed E-state index contributed by atoms with van der Waals surface area (Å²) in [5.74, 6) is -2.76. The average Bonchev–Trinajstić information content (AvgIpc) is 3.37. The molecule has 4 aromatic rings. The topological polar surface area (TPSA) is 91.6 Å². The Morgan fingerprint density at radius 2 is 1.54 bits per heavy atom. The minimum atomic E-state index is -5.08. The van der Waals surface area contributed by atoms with Crippen LogP contribution < -0.4 is 10.2 Å². The Morgan fingerprint density at radius 3 is 2.13 bits per heavy atom. The van der Waals surface area contributed by atoms with Crippen molar-refractivity contribution in [2.75, 3.05) is 18.0 Å². The lowest BCUT2D eigenvalue weighted by molar-refractivity contribution is -0.192. The number of carboxylic acids is 1. The van der Waals surface area contributed by atoms with Gasteiger partial charge in [0.15, 0.2) is 0 Å². The first-order valence-corrected chi connectivity index (χ1v) is 13.7. The molecular formula is C28H28F3N3O4S. The van der Waals surface area contributed by atoms with E-state index in [0.29, 0.717) is 16.5 Å². The number of carboxylic acid groups (broad SMARTS) is 1. The van der Waals surface area contributed by atoms with E-state index in [2.05, 4.69) is 46.6 Å². The van der Waals surface area contributed by atoms with E-state index in [0.717, 1.165) is 43.5 Å². The van der Waals surface area contributed by atoms with Gasteiger partial charge >= 0.3 is 12.1 Å². The quantitative estimate of drug-likeness (QED) is 0.335. The zero-order chi connectivity index (χ0) is 28.0. The van der Waals surface area contributed by atoms with E-state index in [1.807, 2.05) is 24.3 Å². The molecule has 0 bridgehead atoms. The van der Waals surface area contributed by atoms with Gasteiger partial charge in [0, 0.05) is 29.9 Å². The summed E-state index contributed by atoms with van der Waals surface area (Å²) in [6.07, 6.45) is -1.24. The molecule has 1 saturated heterocycles. The first-order chi connectivity index (χ1) is 18.6. The normalized spacial score (nSPS) is 14.4. The number of anilines is 1. The molecule has 0 unspecified atom stereocenters. The number of fused-ring (bicyclic) bond motifs is 1. The van der Waals surface area contributed by atoms with Crippen molar-refractivity contribution in [2.24, 2.45) is 0 Å². The van der Waals surface area contributed by atoms with Crippen molar-refractivity contribution in [1.82, 2.24) is 9.29 Å². The van der Waals surface area contributed by atoms with Crippen LogP contribution in [0.1, 0.15) is 18.4 Å². The van der Waals surface area contributed by atoms with Crippen LogP contribution in [0.5, 0.6) is 0 Å².